The van der Waals surface area contributed by atoms with Gasteiger partial charge in [0.25, 0.3) is 0 Å². The molecular formula is C13H17ClN2O2. The molecule has 4 nitrogen and oxygen atoms in total. The summed E-state index contributed by atoms with van der Waals surface area (Å²) in [5, 5.41) is 9.41. The smallest absolute Gasteiger partial charge is 0.335 e. The van der Waals surface area contributed by atoms with Crippen molar-refractivity contribution in [3.05, 3.63) is 28.8 Å². The molecule has 0 amide bonds. The van der Waals surface area contributed by atoms with E-state index in [1.165, 1.54) is 6.07 Å². The number of anilines is 1. The molecule has 1 heterocycles. The van der Waals surface area contributed by atoms with Crippen molar-refractivity contribution >= 4 is 23.3 Å². The number of piperazine rings is 1. The Balaban J connectivity index is 2.21. The first-order chi connectivity index (χ1) is 8.49. The van der Waals surface area contributed by atoms with Crippen molar-refractivity contribution < 1.29 is 9.90 Å². The fourth-order valence-electron chi connectivity index (χ4n) is 2.16. The molecular weight excluding hydrogens is 252 g/mol. The molecule has 1 aliphatic rings. The Labute approximate surface area is 112 Å². The van der Waals surface area contributed by atoms with Gasteiger partial charge in [0.1, 0.15) is 0 Å². The van der Waals surface area contributed by atoms with Gasteiger partial charge < -0.3 is 14.9 Å². The maximum Gasteiger partial charge on any atom is 0.335 e. The van der Waals surface area contributed by atoms with E-state index in [2.05, 4.69) is 23.8 Å². The van der Waals surface area contributed by atoms with Gasteiger partial charge in [-0.15, -0.1) is 0 Å². The molecule has 1 N–H and O–H groups in total. The van der Waals surface area contributed by atoms with Crippen LogP contribution in [0.3, 0.4) is 0 Å². The average molecular weight is 269 g/mol. The van der Waals surface area contributed by atoms with E-state index >= 15 is 0 Å². The van der Waals surface area contributed by atoms with E-state index in [0.29, 0.717) is 11.1 Å². The lowest BCUT2D eigenvalue weighted by atomic mass is 10.1. The number of halogens is 1. The van der Waals surface area contributed by atoms with Gasteiger partial charge in [0.15, 0.2) is 0 Å². The monoisotopic (exact) mass is 268 g/mol. The Kier molecular flexibility index (Phi) is 3.78. The maximum atomic E-state index is 10.9. The molecule has 98 valence electrons. The summed E-state index contributed by atoms with van der Waals surface area (Å²) in [6.07, 6.45) is 0. The molecule has 18 heavy (non-hydrogen) atoms. The third-order valence-electron chi connectivity index (χ3n) is 3.50. The molecule has 0 saturated carbocycles. The normalized spacial score (nSPS) is 21.1. The molecule has 0 spiro atoms. The predicted octanol–water partition coefficient (Wildman–Crippen LogP) is 2.18. The van der Waals surface area contributed by atoms with E-state index in [1.54, 1.807) is 12.1 Å². The molecule has 0 aliphatic carbocycles. The van der Waals surface area contributed by atoms with Gasteiger partial charge in [0, 0.05) is 25.7 Å². The highest BCUT2D eigenvalue weighted by atomic mass is 35.5. The fourth-order valence-corrected chi connectivity index (χ4v) is 2.46. The van der Waals surface area contributed by atoms with Gasteiger partial charge in [-0.1, -0.05) is 11.6 Å². The van der Waals surface area contributed by atoms with E-state index in [4.69, 9.17) is 16.7 Å². The fraction of sp³-hybridized carbons (Fsp3) is 0.462. The van der Waals surface area contributed by atoms with Crippen molar-refractivity contribution in [3.63, 3.8) is 0 Å². The number of carbonyl (C=O) groups is 1. The second-order valence-corrected chi connectivity index (χ2v) is 5.15. The Morgan fingerprint density at radius 2 is 2.17 bits per heavy atom. The SMILES string of the molecule is CC1CN(c2ccc(C(=O)O)cc2Cl)CCN1C. The molecule has 0 bridgehead atoms. The van der Waals surface area contributed by atoms with Crippen LogP contribution in [0.4, 0.5) is 5.69 Å². The van der Waals surface area contributed by atoms with Crippen molar-refractivity contribution in [1.82, 2.24) is 4.90 Å². The summed E-state index contributed by atoms with van der Waals surface area (Å²) in [6, 6.07) is 5.38. The van der Waals surface area contributed by atoms with E-state index in [0.717, 1.165) is 25.3 Å². The summed E-state index contributed by atoms with van der Waals surface area (Å²) in [5.74, 6) is -0.949. The lowest BCUT2D eigenvalue weighted by molar-refractivity contribution is 0.0697. The number of carboxylic acid groups (broad SMARTS) is 1. The largest absolute Gasteiger partial charge is 0.478 e. The molecule has 1 atom stereocenters. The summed E-state index contributed by atoms with van der Waals surface area (Å²) in [4.78, 5) is 15.4. The van der Waals surface area contributed by atoms with E-state index in [1.807, 2.05) is 0 Å². The lowest BCUT2D eigenvalue weighted by Gasteiger charge is -2.39. The average Bonchev–Trinajstić information content (AvgIpc) is 2.32. The van der Waals surface area contributed by atoms with Crippen LogP contribution in [0.15, 0.2) is 18.2 Å². The van der Waals surface area contributed by atoms with Gasteiger partial charge in [-0.05, 0) is 32.2 Å². The number of benzene rings is 1. The second-order valence-electron chi connectivity index (χ2n) is 4.75. The molecule has 0 radical (unpaired) electrons. The van der Waals surface area contributed by atoms with Crippen LogP contribution in [0.1, 0.15) is 17.3 Å². The zero-order valence-electron chi connectivity index (χ0n) is 10.6. The summed E-state index contributed by atoms with van der Waals surface area (Å²) in [5.41, 5.74) is 1.15. The van der Waals surface area contributed by atoms with Crippen molar-refractivity contribution in [2.45, 2.75) is 13.0 Å². The Morgan fingerprint density at radius 1 is 1.44 bits per heavy atom. The molecule has 1 aromatic rings. The van der Waals surface area contributed by atoms with Crippen molar-refractivity contribution in [3.8, 4) is 0 Å². The number of hydrogen-bond acceptors (Lipinski definition) is 3. The summed E-state index contributed by atoms with van der Waals surface area (Å²) < 4.78 is 0. The van der Waals surface area contributed by atoms with Gasteiger partial charge in [-0.3, -0.25) is 0 Å². The van der Waals surface area contributed by atoms with Crippen LogP contribution in [0, 0.1) is 0 Å². The second kappa shape index (κ2) is 5.16. The van der Waals surface area contributed by atoms with E-state index in [-0.39, 0.29) is 5.56 Å². The minimum absolute atomic E-state index is 0.228. The third-order valence-corrected chi connectivity index (χ3v) is 3.80. The topological polar surface area (TPSA) is 43.8 Å². The minimum Gasteiger partial charge on any atom is -0.478 e. The van der Waals surface area contributed by atoms with Gasteiger partial charge in [0.2, 0.25) is 0 Å². The molecule has 0 aromatic heterocycles. The molecule has 2 rings (SSSR count). The maximum absolute atomic E-state index is 10.9. The van der Waals surface area contributed by atoms with Crippen LogP contribution in [0.5, 0.6) is 0 Å². The van der Waals surface area contributed by atoms with E-state index in [9.17, 15) is 4.79 Å². The molecule has 1 saturated heterocycles. The zero-order chi connectivity index (χ0) is 13.3. The zero-order valence-corrected chi connectivity index (χ0v) is 11.3. The highest BCUT2D eigenvalue weighted by Gasteiger charge is 2.22. The third kappa shape index (κ3) is 2.60. The first kappa shape index (κ1) is 13.2. The van der Waals surface area contributed by atoms with Crippen LogP contribution in [0.2, 0.25) is 5.02 Å². The number of rotatable bonds is 2. The Morgan fingerprint density at radius 3 is 2.72 bits per heavy atom. The molecule has 5 heteroatoms. The highest BCUT2D eigenvalue weighted by Crippen LogP contribution is 2.28. The first-order valence-corrected chi connectivity index (χ1v) is 6.35. The van der Waals surface area contributed by atoms with E-state index < -0.39 is 5.97 Å². The van der Waals surface area contributed by atoms with Crippen molar-refractivity contribution in [2.75, 3.05) is 31.6 Å². The van der Waals surface area contributed by atoms with Gasteiger partial charge in [0.05, 0.1) is 16.3 Å². The summed E-state index contributed by atoms with van der Waals surface area (Å²) in [6.45, 7) is 4.97. The molecule has 1 aromatic carbocycles. The van der Waals surface area contributed by atoms with Gasteiger partial charge in [-0.2, -0.15) is 0 Å². The van der Waals surface area contributed by atoms with Crippen molar-refractivity contribution in [1.29, 1.82) is 0 Å². The highest BCUT2D eigenvalue weighted by molar-refractivity contribution is 6.33. The summed E-state index contributed by atoms with van der Waals surface area (Å²) in [7, 11) is 2.11. The number of aromatic carboxylic acids is 1. The standard InChI is InChI=1S/C13H17ClN2O2/c1-9-8-16(6-5-15(9)2)12-4-3-10(13(17)18)7-11(12)14/h3-4,7,9H,5-6,8H2,1-2H3,(H,17,18). The lowest BCUT2D eigenvalue weighted by Crippen LogP contribution is -2.50. The van der Waals surface area contributed by atoms with Gasteiger partial charge >= 0.3 is 5.97 Å². The van der Waals surface area contributed by atoms with Crippen LogP contribution in [-0.4, -0.2) is 48.7 Å². The Hall–Kier alpha value is -1.26. The summed E-state index contributed by atoms with van der Waals surface area (Å²) >= 11 is 6.17. The number of likely N-dealkylation sites (N-methyl/N-ethyl adjacent to an activating group) is 1. The van der Waals surface area contributed by atoms with Crippen LogP contribution in [-0.2, 0) is 0 Å². The number of nitrogens with zero attached hydrogens (tertiary/aromatic N) is 2. The Bertz CT molecular complexity index is 464. The quantitative estimate of drug-likeness (QED) is 0.893. The molecule has 1 unspecified atom stereocenters. The predicted molar refractivity (Wildman–Crippen MR) is 72.7 cm³/mol. The van der Waals surface area contributed by atoms with Crippen LogP contribution < -0.4 is 4.90 Å². The van der Waals surface area contributed by atoms with Crippen molar-refractivity contribution in [2.24, 2.45) is 0 Å². The van der Waals surface area contributed by atoms with Crippen LogP contribution >= 0.6 is 11.6 Å². The molecule has 1 aliphatic heterocycles. The first-order valence-electron chi connectivity index (χ1n) is 5.97. The van der Waals surface area contributed by atoms with Crippen LogP contribution in [0.25, 0.3) is 0 Å². The molecule has 1 fully saturated rings. The number of hydrogen-bond donors (Lipinski definition) is 1. The van der Waals surface area contributed by atoms with Gasteiger partial charge in [-0.25, -0.2) is 4.79 Å². The number of carboxylic acids is 1. The minimum atomic E-state index is -0.949.